The van der Waals surface area contributed by atoms with Crippen molar-refractivity contribution in [1.29, 1.82) is 0 Å². The Morgan fingerprint density at radius 3 is 2.26 bits per heavy atom. The van der Waals surface area contributed by atoms with E-state index in [2.05, 4.69) is 0 Å². The number of hydrogen-bond donors (Lipinski definition) is 1. The van der Waals surface area contributed by atoms with Gasteiger partial charge in [0.25, 0.3) is 0 Å². The highest BCUT2D eigenvalue weighted by atomic mass is 19.4. The number of ether oxygens (including phenoxy) is 2. The molecule has 1 N–H and O–H groups in total. The van der Waals surface area contributed by atoms with Gasteiger partial charge in [-0.3, -0.25) is 4.90 Å². The molecule has 3 heterocycles. The number of aromatic nitrogens is 1. The fraction of sp³-hybridized carbons (Fsp3) is 0.344. The molecule has 244 valence electrons. The van der Waals surface area contributed by atoms with Gasteiger partial charge >= 0.3 is 24.4 Å². The Bertz CT molecular complexity index is 1670. The number of carbonyl (C=O) groups is 2. The molecule has 2 fully saturated rings. The monoisotopic (exact) mass is 649 g/mol. The molecule has 5 rings (SSSR count). The summed E-state index contributed by atoms with van der Waals surface area (Å²) < 4.78 is 92.5. The van der Waals surface area contributed by atoms with Crippen molar-refractivity contribution in [2.75, 3.05) is 25.1 Å². The molecule has 0 bridgehead atoms. The number of nitrogens with zero attached hydrogens (tertiary/aromatic N) is 3. The summed E-state index contributed by atoms with van der Waals surface area (Å²) in [6, 6.07) is 7.10. The molecule has 0 saturated carbocycles. The lowest BCUT2D eigenvalue weighted by Gasteiger charge is -2.33. The van der Waals surface area contributed by atoms with E-state index in [0.717, 1.165) is 25.6 Å². The lowest BCUT2D eigenvalue weighted by Crippen LogP contribution is -2.38. The minimum atomic E-state index is -5.07. The van der Waals surface area contributed by atoms with E-state index in [1.165, 1.54) is 25.0 Å². The van der Waals surface area contributed by atoms with Crippen molar-refractivity contribution in [1.82, 2.24) is 9.88 Å². The van der Waals surface area contributed by atoms with Crippen LogP contribution in [0.25, 0.3) is 17.2 Å². The van der Waals surface area contributed by atoms with Crippen LogP contribution in [-0.2, 0) is 28.4 Å². The normalized spacial score (nSPS) is 18.6. The Balaban J connectivity index is 1.57. The molecular formula is C32H29F6N3O5. The Hall–Kier alpha value is -4.75. The molecule has 8 nitrogen and oxygen atoms in total. The first kappa shape index (κ1) is 32.6. The largest absolute Gasteiger partial charge is 0.496 e. The van der Waals surface area contributed by atoms with Gasteiger partial charge in [-0.1, -0.05) is 6.07 Å². The number of cyclic esters (lactones) is 1. The summed E-state index contributed by atoms with van der Waals surface area (Å²) in [5.74, 6) is -0.0893. The molecule has 0 spiro atoms. The third-order valence-corrected chi connectivity index (χ3v) is 8.15. The van der Waals surface area contributed by atoms with Crippen molar-refractivity contribution in [3.05, 3.63) is 82.1 Å². The van der Waals surface area contributed by atoms with Gasteiger partial charge in [-0.05, 0) is 79.4 Å². The standard InChI is InChI=1S/C32H29F6N3O5/c1-17-19(6-10-27(42)43)5-8-25(45-3)28(17)23-7-9-26(40-11-4-12-40)39-24(23)16-41-18(2)29(46-30(41)44)20-13-21(31(33,34)35)15-22(14-20)32(36,37)38/h5-10,13-15,18,29H,4,11-12,16H2,1-3H3,(H,42,43)/b10-6+/t18-,29-/m0/s1. The molecule has 1 amide bonds. The smallest absolute Gasteiger partial charge is 0.416 e. The van der Waals surface area contributed by atoms with Gasteiger partial charge in [0.2, 0.25) is 0 Å². The fourth-order valence-electron chi connectivity index (χ4n) is 5.57. The predicted octanol–water partition coefficient (Wildman–Crippen LogP) is 7.49. The number of methoxy groups -OCH3 is 1. The average Bonchev–Trinajstić information content (AvgIpc) is 3.23. The van der Waals surface area contributed by atoms with Gasteiger partial charge in [-0.15, -0.1) is 0 Å². The van der Waals surface area contributed by atoms with Crippen LogP contribution < -0.4 is 9.64 Å². The van der Waals surface area contributed by atoms with E-state index >= 15 is 0 Å². The first-order valence-electron chi connectivity index (χ1n) is 14.2. The second kappa shape index (κ2) is 12.2. The molecule has 3 aromatic rings. The lowest BCUT2D eigenvalue weighted by molar-refractivity contribution is -0.143. The molecule has 14 heteroatoms. The maximum Gasteiger partial charge on any atom is 0.416 e. The number of amides is 1. The zero-order chi connectivity index (χ0) is 33.6. The van der Waals surface area contributed by atoms with Crippen molar-refractivity contribution in [3.63, 3.8) is 0 Å². The SMILES string of the molecule is COc1ccc(/C=C/C(=O)O)c(C)c1-c1ccc(N2CCC2)nc1CN1C(=O)O[C@H](c2cc(C(F)(F)F)cc(C(F)(F)F)c2)[C@@H]1C. The Kier molecular flexibility index (Phi) is 8.67. The van der Waals surface area contributed by atoms with Crippen LogP contribution in [0, 0.1) is 6.92 Å². The zero-order valence-electron chi connectivity index (χ0n) is 24.9. The van der Waals surface area contributed by atoms with Crippen LogP contribution in [-0.4, -0.2) is 53.3 Å². The van der Waals surface area contributed by atoms with E-state index in [-0.39, 0.29) is 12.6 Å². The van der Waals surface area contributed by atoms with Crippen molar-refractivity contribution in [2.45, 2.75) is 51.3 Å². The van der Waals surface area contributed by atoms with Crippen molar-refractivity contribution in [2.24, 2.45) is 0 Å². The highest BCUT2D eigenvalue weighted by molar-refractivity contribution is 5.87. The maximum absolute atomic E-state index is 13.6. The summed E-state index contributed by atoms with van der Waals surface area (Å²) in [5, 5.41) is 9.14. The summed E-state index contributed by atoms with van der Waals surface area (Å²) in [7, 11) is 1.46. The molecule has 0 radical (unpaired) electrons. The summed E-state index contributed by atoms with van der Waals surface area (Å²) in [4.78, 5) is 32.4. The summed E-state index contributed by atoms with van der Waals surface area (Å²) in [5.41, 5.74) is -0.763. The zero-order valence-corrected chi connectivity index (χ0v) is 24.9. The van der Waals surface area contributed by atoms with Gasteiger partial charge < -0.3 is 19.5 Å². The number of anilines is 1. The van der Waals surface area contributed by atoms with Gasteiger partial charge in [0.05, 0.1) is 36.5 Å². The van der Waals surface area contributed by atoms with Crippen LogP contribution in [0.5, 0.6) is 5.75 Å². The Labute approximate surface area is 259 Å². The number of hydrogen-bond acceptors (Lipinski definition) is 6. The van der Waals surface area contributed by atoms with Crippen LogP contribution in [0.4, 0.5) is 37.0 Å². The number of benzene rings is 2. The van der Waals surface area contributed by atoms with Crippen molar-refractivity contribution >= 4 is 24.0 Å². The molecule has 0 unspecified atom stereocenters. The molecule has 2 saturated heterocycles. The Morgan fingerprint density at radius 2 is 1.72 bits per heavy atom. The van der Waals surface area contributed by atoms with E-state index in [4.69, 9.17) is 19.6 Å². The average molecular weight is 650 g/mol. The number of halogens is 6. The molecule has 1 aromatic heterocycles. The third-order valence-electron chi connectivity index (χ3n) is 8.15. The van der Waals surface area contributed by atoms with Gasteiger partial charge in [0, 0.05) is 30.3 Å². The molecule has 46 heavy (non-hydrogen) atoms. The number of carboxylic acid groups (broad SMARTS) is 1. The summed E-state index contributed by atoms with van der Waals surface area (Å²) in [6.07, 6.45) is -9.13. The minimum Gasteiger partial charge on any atom is -0.496 e. The molecular weight excluding hydrogens is 620 g/mol. The van der Waals surface area contributed by atoms with E-state index < -0.39 is 53.3 Å². The van der Waals surface area contributed by atoms with Crippen LogP contribution in [0.15, 0.2) is 48.5 Å². The highest BCUT2D eigenvalue weighted by Crippen LogP contribution is 2.43. The van der Waals surface area contributed by atoms with Crippen molar-refractivity contribution < 1.29 is 50.5 Å². The third kappa shape index (κ3) is 6.46. The number of aliphatic carboxylic acids is 1. The van der Waals surface area contributed by atoms with Gasteiger partial charge in [0.15, 0.2) is 0 Å². The first-order chi connectivity index (χ1) is 21.6. The molecule has 2 aliphatic rings. The summed E-state index contributed by atoms with van der Waals surface area (Å²) >= 11 is 0. The number of carboxylic acids is 1. The van der Waals surface area contributed by atoms with Gasteiger partial charge in [-0.25, -0.2) is 14.6 Å². The number of alkyl halides is 6. The fourth-order valence-corrected chi connectivity index (χ4v) is 5.57. The van der Waals surface area contributed by atoms with Crippen LogP contribution >= 0.6 is 0 Å². The topological polar surface area (TPSA) is 92.2 Å². The van der Waals surface area contributed by atoms with Crippen LogP contribution in [0.3, 0.4) is 0 Å². The number of rotatable bonds is 8. The second-order valence-electron chi connectivity index (χ2n) is 11.0. The minimum absolute atomic E-state index is 0.0235. The maximum atomic E-state index is 13.6. The lowest BCUT2D eigenvalue weighted by atomic mass is 9.93. The van der Waals surface area contributed by atoms with E-state index in [0.29, 0.717) is 51.6 Å². The van der Waals surface area contributed by atoms with E-state index in [9.17, 15) is 35.9 Å². The molecule has 0 aliphatic carbocycles. The Morgan fingerprint density at radius 1 is 1.07 bits per heavy atom. The quantitative estimate of drug-likeness (QED) is 0.200. The number of pyridine rings is 1. The second-order valence-corrected chi connectivity index (χ2v) is 11.0. The molecule has 2 aliphatic heterocycles. The van der Waals surface area contributed by atoms with Crippen LogP contribution in [0.2, 0.25) is 0 Å². The molecule has 2 atom stereocenters. The molecule has 2 aromatic carbocycles. The summed E-state index contributed by atoms with van der Waals surface area (Å²) in [6.45, 7) is 4.55. The predicted molar refractivity (Wildman–Crippen MR) is 155 cm³/mol. The van der Waals surface area contributed by atoms with E-state index in [1.807, 2.05) is 4.90 Å². The van der Waals surface area contributed by atoms with Crippen LogP contribution in [0.1, 0.15) is 53.0 Å². The van der Waals surface area contributed by atoms with Crippen molar-refractivity contribution in [3.8, 4) is 16.9 Å². The number of carbonyl (C=O) groups excluding carboxylic acids is 1. The van der Waals surface area contributed by atoms with Gasteiger partial charge in [0.1, 0.15) is 17.7 Å². The highest BCUT2D eigenvalue weighted by Gasteiger charge is 2.43. The van der Waals surface area contributed by atoms with E-state index in [1.54, 1.807) is 31.2 Å². The van der Waals surface area contributed by atoms with Gasteiger partial charge in [-0.2, -0.15) is 26.3 Å². The first-order valence-corrected chi connectivity index (χ1v) is 14.2.